The fourth-order valence-electron chi connectivity index (χ4n) is 3.33. The molecule has 16 heavy (non-hydrogen) atoms. The number of alkyl halides is 1. The Hall–Kier alpha value is 0.344. The van der Waals surface area contributed by atoms with Crippen LogP contribution < -0.4 is 0 Å². The normalized spacial score (nSPS) is 25.6. The molecule has 0 bridgehead atoms. The molecular formula is C10H23BrNO2Si2+. The maximum atomic E-state index is 11.9. The molecular weight excluding hydrogens is 302 g/mol. The molecule has 1 N–H and O–H groups in total. The molecule has 1 aliphatic heterocycles. The Morgan fingerprint density at radius 1 is 1.25 bits per heavy atom. The van der Waals surface area contributed by atoms with Crippen LogP contribution in [0, 0.1) is 0 Å². The van der Waals surface area contributed by atoms with Gasteiger partial charge in [-0.05, 0) is 38.3 Å². The monoisotopic (exact) mass is 324 g/mol. The average Bonchev–Trinajstić information content (AvgIpc) is 2.32. The second kappa shape index (κ2) is 4.55. The molecule has 1 heterocycles. The molecule has 1 aliphatic rings. The van der Waals surface area contributed by atoms with Gasteiger partial charge in [0.05, 0.1) is 6.54 Å². The van der Waals surface area contributed by atoms with E-state index in [2.05, 4.69) is 42.1 Å². The molecule has 0 aliphatic carbocycles. The number of halogens is 1. The zero-order valence-corrected chi connectivity index (χ0v) is 14.3. The quantitative estimate of drug-likeness (QED) is 0.635. The fraction of sp³-hybridized carbons (Fsp3) is 0.900. The van der Waals surface area contributed by atoms with Crippen molar-refractivity contribution in [2.45, 2.75) is 44.7 Å². The molecule has 0 unspecified atom stereocenters. The van der Waals surface area contributed by atoms with Gasteiger partial charge in [0.25, 0.3) is 16.5 Å². The van der Waals surface area contributed by atoms with E-state index in [4.69, 9.17) is 0 Å². The second-order valence-corrected chi connectivity index (χ2v) is 17.0. The number of amides is 1. The van der Waals surface area contributed by atoms with Crippen LogP contribution in [0.15, 0.2) is 0 Å². The van der Waals surface area contributed by atoms with Crippen molar-refractivity contribution in [2.75, 3.05) is 11.9 Å². The Balaban J connectivity index is 3.18. The van der Waals surface area contributed by atoms with Crippen molar-refractivity contribution in [1.29, 1.82) is 0 Å². The summed E-state index contributed by atoms with van der Waals surface area (Å²) < 4.78 is 0.478. The Kier molecular flexibility index (Phi) is 4.10. The third-order valence-corrected chi connectivity index (χ3v) is 17.0. The molecule has 0 radical (unpaired) electrons. The summed E-state index contributed by atoms with van der Waals surface area (Å²) in [7, 11) is -3.35. The number of quaternary nitrogens is 1. The van der Waals surface area contributed by atoms with E-state index >= 15 is 0 Å². The average molecular weight is 325 g/mol. The second-order valence-electron chi connectivity index (χ2n) is 5.98. The van der Waals surface area contributed by atoms with Crippen molar-refractivity contribution in [3.8, 4) is 0 Å². The third-order valence-electron chi connectivity index (χ3n) is 4.37. The first-order valence-electron chi connectivity index (χ1n) is 5.89. The molecule has 0 aromatic heterocycles. The van der Waals surface area contributed by atoms with Gasteiger partial charge in [-0.1, -0.05) is 15.9 Å². The summed E-state index contributed by atoms with van der Waals surface area (Å²) in [4.78, 5) is 11.9. The highest BCUT2D eigenvalue weighted by molar-refractivity contribution is 9.09. The first-order chi connectivity index (χ1) is 7.21. The molecule has 1 amide bonds. The van der Waals surface area contributed by atoms with E-state index in [1.807, 2.05) is 0 Å². The van der Waals surface area contributed by atoms with E-state index in [0.29, 0.717) is 3.81 Å². The fourth-order valence-corrected chi connectivity index (χ4v) is 19.0. The Bertz CT molecular complexity index is 279. The molecule has 1 rings (SSSR count). The minimum Gasteiger partial charge on any atom is -0.438 e. The lowest BCUT2D eigenvalue weighted by Gasteiger charge is -2.48. The molecule has 0 atom stereocenters. The summed E-state index contributed by atoms with van der Waals surface area (Å²) in [6, 6.07) is 2.36. The summed E-state index contributed by atoms with van der Waals surface area (Å²) in [5.41, 5.74) is 0. The van der Waals surface area contributed by atoms with Gasteiger partial charge in [0.1, 0.15) is 0 Å². The lowest BCUT2D eigenvalue weighted by Crippen LogP contribution is -2.74. The van der Waals surface area contributed by atoms with Crippen LogP contribution in [0.5, 0.6) is 0 Å². The number of hydrogen-bond acceptors (Lipinski definition) is 1. The van der Waals surface area contributed by atoms with Crippen molar-refractivity contribution >= 4 is 38.5 Å². The molecule has 0 spiro atoms. The van der Waals surface area contributed by atoms with Gasteiger partial charge in [0.2, 0.25) is 0 Å². The standard InChI is InChI=1S/C10H22BrNO2Si2/c1-15(2)8-9-16(3,4)12(15,10(13)14)7-5-6-11/h5-9H2,1-4H3/p+1. The molecule has 1 saturated heterocycles. The summed E-state index contributed by atoms with van der Waals surface area (Å²) in [5.74, 6) is 0. The number of rotatable bonds is 3. The van der Waals surface area contributed by atoms with Crippen LogP contribution in [-0.2, 0) is 0 Å². The Morgan fingerprint density at radius 2 is 1.69 bits per heavy atom. The van der Waals surface area contributed by atoms with Crippen molar-refractivity contribution in [3.63, 3.8) is 0 Å². The van der Waals surface area contributed by atoms with Gasteiger partial charge in [0, 0.05) is 11.8 Å². The summed E-state index contributed by atoms with van der Waals surface area (Å²) >= 11 is 3.43. The SMILES string of the molecule is C[Si]1(C)CC[Si](C)(C)[N+]1(CCCBr)C(=O)O. The zero-order valence-electron chi connectivity index (χ0n) is 10.7. The van der Waals surface area contributed by atoms with Crippen LogP contribution in [0.25, 0.3) is 0 Å². The summed E-state index contributed by atoms with van der Waals surface area (Å²) in [5, 5.41) is 10.7. The van der Waals surface area contributed by atoms with Crippen LogP contribution in [0.4, 0.5) is 4.79 Å². The minimum absolute atomic E-state index is 0.478. The van der Waals surface area contributed by atoms with E-state index in [1.165, 1.54) is 12.1 Å². The van der Waals surface area contributed by atoms with Crippen molar-refractivity contribution < 1.29 is 13.7 Å². The highest BCUT2D eigenvalue weighted by Gasteiger charge is 2.66. The lowest BCUT2D eigenvalue weighted by atomic mass is 10.5. The number of carboxylic acid groups (broad SMARTS) is 1. The molecule has 0 aromatic rings. The molecule has 0 aromatic carbocycles. The molecule has 0 saturated carbocycles. The first-order valence-corrected chi connectivity index (χ1v) is 13.3. The largest absolute Gasteiger partial charge is 0.478 e. The maximum Gasteiger partial charge on any atom is 0.478 e. The number of hydrogen-bond donors (Lipinski definition) is 1. The molecule has 94 valence electrons. The highest BCUT2D eigenvalue weighted by Crippen LogP contribution is 2.45. The van der Waals surface area contributed by atoms with Gasteiger partial charge in [-0.2, -0.15) is 4.79 Å². The number of carbonyl (C=O) groups is 1. The van der Waals surface area contributed by atoms with Crippen LogP contribution in [0.2, 0.25) is 38.3 Å². The minimum atomic E-state index is -1.68. The van der Waals surface area contributed by atoms with Crippen LogP contribution >= 0.6 is 15.9 Å². The van der Waals surface area contributed by atoms with Crippen LogP contribution in [0.3, 0.4) is 0 Å². The lowest BCUT2D eigenvalue weighted by molar-refractivity contribution is -0.648. The van der Waals surface area contributed by atoms with Crippen molar-refractivity contribution in [3.05, 3.63) is 0 Å². The topological polar surface area (TPSA) is 37.3 Å². The van der Waals surface area contributed by atoms with Crippen LogP contribution in [-0.4, -0.2) is 43.4 Å². The zero-order chi connectivity index (χ0) is 12.6. The van der Waals surface area contributed by atoms with Gasteiger partial charge in [-0.15, -0.1) is 0 Å². The predicted octanol–water partition coefficient (Wildman–Crippen LogP) is 3.69. The molecule has 6 heteroatoms. The van der Waals surface area contributed by atoms with E-state index in [-0.39, 0.29) is 0 Å². The maximum absolute atomic E-state index is 11.9. The van der Waals surface area contributed by atoms with Gasteiger partial charge in [-0.25, -0.2) is 0 Å². The van der Waals surface area contributed by atoms with Gasteiger partial charge >= 0.3 is 6.09 Å². The van der Waals surface area contributed by atoms with Gasteiger partial charge < -0.3 is 8.92 Å². The highest BCUT2D eigenvalue weighted by atomic mass is 79.9. The van der Waals surface area contributed by atoms with E-state index < -0.39 is 22.6 Å². The summed E-state index contributed by atoms with van der Waals surface area (Å²) in [6.07, 6.45) is 0.422. The van der Waals surface area contributed by atoms with E-state index in [9.17, 15) is 9.90 Å². The predicted molar refractivity (Wildman–Crippen MR) is 76.1 cm³/mol. The number of nitrogens with zero attached hydrogens (tertiary/aromatic N) is 1. The molecule has 3 nitrogen and oxygen atoms in total. The third kappa shape index (κ3) is 1.93. The van der Waals surface area contributed by atoms with Crippen LogP contribution in [0.1, 0.15) is 6.42 Å². The summed E-state index contributed by atoms with van der Waals surface area (Å²) in [6.45, 7) is 9.88. The first kappa shape index (κ1) is 14.4. The smallest absolute Gasteiger partial charge is 0.438 e. The Morgan fingerprint density at radius 3 is 2.00 bits per heavy atom. The van der Waals surface area contributed by atoms with Gasteiger partial charge in [-0.3, -0.25) is 0 Å². The van der Waals surface area contributed by atoms with Crippen molar-refractivity contribution in [1.82, 2.24) is 0 Å². The van der Waals surface area contributed by atoms with E-state index in [0.717, 1.165) is 18.3 Å². The van der Waals surface area contributed by atoms with E-state index in [1.54, 1.807) is 0 Å². The molecule has 1 fully saturated rings. The Labute approximate surface area is 109 Å². The van der Waals surface area contributed by atoms with Gasteiger partial charge in [0.15, 0.2) is 0 Å². The van der Waals surface area contributed by atoms with Crippen molar-refractivity contribution in [2.24, 2.45) is 0 Å².